The van der Waals surface area contributed by atoms with Crippen molar-refractivity contribution in [3.8, 4) is 0 Å². The van der Waals surface area contributed by atoms with Crippen molar-refractivity contribution in [1.82, 2.24) is 10.6 Å². The number of hydrogen-bond donors (Lipinski definition) is 2. The molecule has 41 heavy (non-hydrogen) atoms. The van der Waals surface area contributed by atoms with Gasteiger partial charge in [-0.05, 0) is 58.8 Å². The van der Waals surface area contributed by atoms with Crippen LogP contribution in [0.3, 0.4) is 0 Å². The molecule has 8 nitrogen and oxygen atoms in total. The lowest BCUT2D eigenvalue weighted by atomic mass is 9.85. The van der Waals surface area contributed by atoms with Crippen LogP contribution in [0.2, 0.25) is 0 Å². The molecule has 236 valence electrons. The number of amides is 2. The average Bonchev–Trinajstić information content (AvgIpc) is 2.91. The van der Waals surface area contributed by atoms with Crippen LogP contribution >= 0.6 is 0 Å². The second kappa shape index (κ2) is 17.9. The summed E-state index contributed by atoms with van der Waals surface area (Å²) in [7, 11) is 0. The summed E-state index contributed by atoms with van der Waals surface area (Å²) >= 11 is 0. The van der Waals surface area contributed by atoms with Crippen LogP contribution in [0.5, 0.6) is 0 Å². The molecule has 0 spiro atoms. The molecule has 2 amide bonds. The molecule has 0 aromatic heterocycles. The standard InChI is InChI=1S/C33H58N2O6/c1-7-9-11-13-17-25(18-14-12-10-8-2)23-28(36)35-26-19-15-16-20-27(26)40-29(37)21-22-34-31(38)30-32(3,4)24-39-33(5,6)41-30/h23,26-27,30H,7-22,24H2,1-6H3,(H,34,38)(H,35,36)/t26-,27-,30?/m0/s1. The zero-order chi connectivity index (χ0) is 30.3. The summed E-state index contributed by atoms with van der Waals surface area (Å²) in [6.45, 7) is 12.4. The van der Waals surface area contributed by atoms with Crippen LogP contribution in [-0.2, 0) is 28.6 Å². The van der Waals surface area contributed by atoms with E-state index in [0.717, 1.165) is 51.4 Å². The highest BCUT2D eigenvalue weighted by molar-refractivity contribution is 5.88. The molecule has 0 radical (unpaired) electrons. The smallest absolute Gasteiger partial charge is 0.307 e. The van der Waals surface area contributed by atoms with Gasteiger partial charge in [-0.2, -0.15) is 0 Å². The fourth-order valence-corrected chi connectivity index (χ4v) is 5.57. The van der Waals surface area contributed by atoms with Crippen molar-refractivity contribution in [1.29, 1.82) is 0 Å². The van der Waals surface area contributed by atoms with Gasteiger partial charge in [0.2, 0.25) is 11.8 Å². The number of hydrogen-bond acceptors (Lipinski definition) is 6. The lowest BCUT2D eigenvalue weighted by Gasteiger charge is -2.44. The minimum absolute atomic E-state index is 0.0650. The summed E-state index contributed by atoms with van der Waals surface area (Å²) in [6.07, 6.45) is 15.8. The van der Waals surface area contributed by atoms with Gasteiger partial charge < -0.3 is 24.8 Å². The normalized spacial score (nSPS) is 23.3. The molecule has 1 saturated heterocycles. The summed E-state index contributed by atoms with van der Waals surface area (Å²) in [6, 6.07) is -0.189. The van der Waals surface area contributed by atoms with Gasteiger partial charge >= 0.3 is 5.97 Å². The molecule has 2 N–H and O–H groups in total. The molecule has 2 rings (SSSR count). The number of ether oxygens (including phenoxy) is 3. The van der Waals surface area contributed by atoms with Crippen LogP contribution in [0.1, 0.15) is 138 Å². The van der Waals surface area contributed by atoms with Gasteiger partial charge in [-0.3, -0.25) is 14.4 Å². The van der Waals surface area contributed by atoms with Gasteiger partial charge in [-0.1, -0.05) is 78.2 Å². The predicted octanol–water partition coefficient (Wildman–Crippen LogP) is 6.51. The maximum atomic E-state index is 13.0. The number of rotatable bonds is 17. The van der Waals surface area contributed by atoms with Crippen molar-refractivity contribution >= 4 is 17.8 Å². The lowest BCUT2D eigenvalue weighted by molar-refractivity contribution is -0.304. The van der Waals surface area contributed by atoms with E-state index in [9.17, 15) is 14.4 Å². The molecule has 2 fully saturated rings. The molecule has 1 aliphatic heterocycles. The molecular formula is C33H58N2O6. The minimum Gasteiger partial charge on any atom is -0.460 e. The first-order chi connectivity index (χ1) is 19.5. The minimum atomic E-state index is -0.836. The van der Waals surface area contributed by atoms with Gasteiger partial charge in [0.15, 0.2) is 5.79 Å². The Morgan fingerprint density at radius 2 is 1.51 bits per heavy atom. The number of nitrogens with one attached hydrogen (secondary N) is 2. The Morgan fingerprint density at radius 1 is 0.878 bits per heavy atom. The Kier molecular flexibility index (Phi) is 15.4. The topological polar surface area (TPSA) is 103 Å². The van der Waals surface area contributed by atoms with Crippen molar-refractivity contribution in [3.63, 3.8) is 0 Å². The molecular weight excluding hydrogens is 520 g/mol. The summed E-state index contributed by atoms with van der Waals surface area (Å²) in [5, 5.41) is 5.98. The molecule has 0 bridgehead atoms. The summed E-state index contributed by atoms with van der Waals surface area (Å²) < 4.78 is 17.4. The van der Waals surface area contributed by atoms with E-state index < -0.39 is 17.3 Å². The third-order valence-corrected chi connectivity index (χ3v) is 8.12. The van der Waals surface area contributed by atoms with Gasteiger partial charge in [0.25, 0.3) is 0 Å². The van der Waals surface area contributed by atoms with Crippen LogP contribution in [-0.4, -0.2) is 55.0 Å². The molecule has 8 heteroatoms. The Hall–Kier alpha value is -1.93. The largest absolute Gasteiger partial charge is 0.460 e. The fraction of sp³-hybridized carbons (Fsp3) is 0.848. The van der Waals surface area contributed by atoms with E-state index in [1.807, 2.05) is 19.9 Å². The SMILES string of the molecule is CCCCCCC(=CC(=O)N[C@H]1CCCC[C@@H]1OC(=O)CCNC(=O)C1OC(C)(C)OCC1(C)C)CCCCCC. The number of carbonyl (C=O) groups excluding carboxylic acids is 3. The van der Waals surface area contributed by atoms with Gasteiger partial charge in [-0.25, -0.2) is 0 Å². The van der Waals surface area contributed by atoms with E-state index in [2.05, 4.69) is 24.5 Å². The predicted molar refractivity (Wildman–Crippen MR) is 162 cm³/mol. The summed E-state index contributed by atoms with van der Waals surface area (Å²) in [4.78, 5) is 38.6. The molecule has 0 aromatic carbocycles. The highest BCUT2D eigenvalue weighted by Gasteiger charge is 2.45. The van der Waals surface area contributed by atoms with Crippen molar-refractivity contribution in [3.05, 3.63) is 11.6 Å². The second-order valence-electron chi connectivity index (χ2n) is 13.1. The summed E-state index contributed by atoms with van der Waals surface area (Å²) in [5.74, 6) is -1.54. The summed E-state index contributed by atoms with van der Waals surface area (Å²) in [5.41, 5.74) is 0.752. The zero-order valence-corrected chi connectivity index (χ0v) is 26.8. The van der Waals surface area contributed by atoms with Gasteiger partial charge in [0.05, 0.1) is 19.1 Å². The highest BCUT2D eigenvalue weighted by Crippen LogP contribution is 2.34. The number of unbranched alkanes of at least 4 members (excludes halogenated alkanes) is 6. The number of carbonyl (C=O) groups is 3. The van der Waals surface area contributed by atoms with Crippen LogP contribution < -0.4 is 10.6 Å². The van der Waals surface area contributed by atoms with Crippen molar-refractivity contribution in [2.75, 3.05) is 13.2 Å². The van der Waals surface area contributed by atoms with Crippen LogP contribution in [0.4, 0.5) is 0 Å². The third kappa shape index (κ3) is 13.3. The molecule has 1 unspecified atom stereocenters. The zero-order valence-electron chi connectivity index (χ0n) is 26.8. The molecule has 0 aromatic rings. The molecule has 1 saturated carbocycles. The third-order valence-electron chi connectivity index (χ3n) is 8.12. The molecule has 1 aliphatic carbocycles. The maximum absolute atomic E-state index is 13.0. The van der Waals surface area contributed by atoms with Gasteiger partial charge in [0, 0.05) is 18.0 Å². The Balaban J connectivity index is 1.86. The van der Waals surface area contributed by atoms with E-state index in [4.69, 9.17) is 14.2 Å². The molecule has 2 aliphatic rings. The quantitative estimate of drug-likeness (QED) is 0.116. The fourth-order valence-electron chi connectivity index (χ4n) is 5.57. The maximum Gasteiger partial charge on any atom is 0.307 e. The molecule has 3 atom stereocenters. The second-order valence-corrected chi connectivity index (χ2v) is 13.1. The highest BCUT2D eigenvalue weighted by atomic mass is 16.7. The Labute approximate surface area is 249 Å². The number of esters is 1. The average molecular weight is 579 g/mol. The van der Waals surface area contributed by atoms with E-state index >= 15 is 0 Å². The van der Waals surface area contributed by atoms with Crippen molar-refractivity contribution < 1.29 is 28.6 Å². The van der Waals surface area contributed by atoms with Crippen LogP contribution in [0.25, 0.3) is 0 Å². The van der Waals surface area contributed by atoms with Gasteiger partial charge in [-0.15, -0.1) is 0 Å². The first-order valence-corrected chi connectivity index (χ1v) is 16.3. The van der Waals surface area contributed by atoms with E-state index in [-0.39, 0.29) is 42.9 Å². The first-order valence-electron chi connectivity index (χ1n) is 16.3. The van der Waals surface area contributed by atoms with E-state index in [1.165, 1.54) is 44.1 Å². The monoisotopic (exact) mass is 578 g/mol. The van der Waals surface area contributed by atoms with Crippen LogP contribution in [0, 0.1) is 5.41 Å². The number of allylic oxidation sites excluding steroid dienone is 1. The van der Waals surface area contributed by atoms with E-state index in [1.54, 1.807) is 13.8 Å². The first kappa shape index (κ1) is 35.3. The van der Waals surface area contributed by atoms with Gasteiger partial charge in [0.1, 0.15) is 12.2 Å². The lowest BCUT2D eigenvalue weighted by Crippen LogP contribution is -2.56. The van der Waals surface area contributed by atoms with E-state index in [0.29, 0.717) is 6.61 Å². The van der Waals surface area contributed by atoms with Crippen LogP contribution in [0.15, 0.2) is 11.6 Å². The van der Waals surface area contributed by atoms with Crippen molar-refractivity contribution in [2.45, 2.75) is 162 Å². The van der Waals surface area contributed by atoms with Crippen molar-refractivity contribution in [2.24, 2.45) is 5.41 Å². The molecule has 1 heterocycles. The Morgan fingerprint density at radius 3 is 2.15 bits per heavy atom. The Bertz CT molecular complexity index is 839.